The summed E-state index contributed by atoms with van der Waals surface area (Å²) in [7, 11) is 0. The molecule has 0 saturated heterocycles. The molecule has 92 valence electrons. The van der Waals surface area contributed by atoms with Crippen LogP contribution in [0.15, 0.2) is 24.3 Å². The van der Waals surface area contributed by atoms with E-state index in [2.05, 4.69) is 22.2 Å². The lowest BCUT2D eigenvalue weighted by atomic mass is 10.0. The summed E-state index contributed by atoms with van der Waals surface area (Å²) < 4.78 is 0. The van der Waals surface area contributed by atoms with E-state index in [9.17, 15) is 0 Å². The van der Waals surface area contributed by atoms with Crippen LogP contribution in [0.25, 0.3) is 11.0 Å². The van der Waals surface area contributed by atoms with Gasteiger partial charge < -0.3 is 10.3 Å². The van der Waals surface area contributed by atoms with Gasteiger partial charge in [0, 0.05) is 12.4 Å². The number of H-pyrrole nitrogens is 1. The minimum atomic E-state index is 0.612. The van der Waals surface area contributed by atoms with Gasteiger partial charge in [0.05, 0.1) is 11.0 Å². The van der Waals surface area contributed by atoms with Crippen molar-refractivity contribution in [2.45, 2.75) is 19.8 Å². The number of benzene rings is 1. The van der Waals surface area contributed by atoms with Crippen molar-refractivity contribution < 1.29 is 0 Å². The molecule has 1 aromatic carbocycles. The quantitative estimate of drug-likeness (QED) is 0.770. The molecule has 2 rings (SSSR count). The summed E-state index contributed by atoms with van der Waals surface area (Å²) in [5.41, 5.74) is 2.07. The van der Waals surface area contributed by atoms with E-state index in [1.165, 1.54) is 0 Å². The predicted octanol–water partition coefficient (Wildman–Crippen LogP) is 3.63. The van der Waals surface area contributed by atoms with Crippen molar-refractivity contribution in [2.75, 3.05) is 17.7 Å². The molecule has 0 aliphatic carbocycles. The summed E-state index contributed by atoms with van der Waals surface area (Å²) in [6, 6.07) is 8.04. The average Bonchev–Trinajstić information content (AvgIpc) is 2.77. The fourth-order valence-corrected chi connectivity index (χ4v) is 2.19. The lowest BCUT2D eigenvalue weighted by Gasteiger charge is -2.13. The number of para-hydroxylation sites is 2. The Kier molecular flexibility index (Phi) is 4.26. The van der Waals surface area contributed by atoms with E-state index in [0.29, 0.717) is 5.92 Å². The molecule has 0 aliphatic rings. The Morgan fingerprint density at radius 1 is 1.41 bits per heavy atom. The van der Waals surface area contributed by atoms with Crippen LogP contribution in [0, 0.1) is 5.92 Å². The van der Waals surface area contributed by atoms with Crippen molar-refractivity contribution in [3.63, 3.8) is 0 Å². The van der Waals surface area contributed by atoms with Gasteiger partial charge in [0.25, 0.3) is 0 Å². The van der Waals surface area contributed by atoms with Crippen molar-refractivity contribution >= 4 is 28.6 Å². The first-order chi connectivity index (χ1) is 8.33. The molecule has 1 atom stereocenters. The Hall–Kier alpha value is -1.22. The molecule has 0 radical (unpaired) electrons. The zero-order valence-electron chi connectivity index (χ0n) is 10.0. The van der Waals surface area contributed by atoms with Crippen LogP contribution in [-0.2, 0) is 0 Å². The van der Waals surface area contributed by atoms with Gasteiger partial charge in [0.15, 0.2) is 0 Å². The molecule has 2 aromatic rings. The summed E-state index contributed by atoms with van der Waals surface area (Å²) in [5.74, 6) is 2.18. The number of nitrogens with zero attached hydrogens (tertiary/aromatic N) is 1. The second kappa shape index (κ2) is 5.92. The number of fused-ring (bicyclic) bond motifs is 1. The van der Waals surface area contributed by atoms with Gasteiger partial charge in [-0.15, -0.1) is 11.6 Å². The zero-order valence-corrected chi connectivity index (χ0v) is 10.8. The number of aromatic amines is 1. The maximum absolute atomic E-state index is 5.77. The molecule has 0 spiro atoms. The van der Waals surface area contributed by atoms with E-state index in [1.807, 2.05) is 24.3 Å². The van der Waals surface area contributed by atoms with Gasteiger partial charge in [-0.2, -0.15) is 0 Å². The van der Waals surface area contributed by atoms with Crippen LogP contribution in [0.2, 0.25) is 0 Å². The van der Waals surface area contributed by atoms with Gasteiger partial charge >= 0.3 is 0 Å². The highest BCUT2D eigenvalue weighted by molar-refractivity contribution is 6.17. The Labute approximate surface area is 107 Å². The first kappa shape index (κ1) is 12.2. The number of alkyl halides is 1. The number of nitrogens with one attached hydrogen (secondary N) is 2. The molecule has 1 heterocycles. The molecular weight excluding hydrogens is 234 g/mol. The van der Waals surface area contributed by atoms with Crippen molar-refractivity contribution in [3.8, 4) is 0 Å². The van der Waals surface area contributed by atoms with Crippen LogP contribution >= 0.6 is 11.6 Å². The molecule has 0 bridgehead atoms. The van der Waals surface area contributed by atoms with Gasteiger partial charge in [-0.05, 0) is 24.5 Å². The first-order valence-electron chi connectivity index (χ1n) is 6.08. The van der Waals surface area contributed by atoms with E-state index in [1.54, 1.807) is 0 Å². The smallest absolute Gasteiger partial charge is 0.201 e. The Balaban J connectivity index is 1.98. The van der Waals surface area contributed by atoms with Crippen LogP contribution < -0.4 is 5.32 Å². The molecule has 1 unspecified atom stereocenters. The van der Waals surface area contributed by atoms with Gasteiger partial charge in [-0.1, -0.05) is 25.5 Å². The highest BCUT2D eigenvalue weighted by atomic mass is 35.5. The van der Waals surface area contributed by atoms with Gasteiger partial charge in [-0.25, -0.2) is 4.98 Å². The summed E-state index contributed by atoms with van der Waals surface area (Å²) in [5, 5.41) is 3.34. The van der Waals surface area contributed by atoms with Crippen LogP contribution in [-0.4, -0.2) is 22.4 Å². The van der Waals surface area contributed by atoms with E-state index < -0.39 is 0 Å². The number of anilines is 1. The minimum Gasteiger partial charge on any atom is -0.356 e. The first-order valence-corrected chi connectivity index (χ1v) is 6.61. The third-order valence-corrected chi connectivity index (χ3v) is 3.26. The highest BCUT2D eigenvalue weighted by Crippen LogP contribution is 2.15. The molecular formula is C13H18ClN3. The van der Waals surface area contributed by atoms with Crippen molar-refractivity contribution in [1.82, 2.24) is 9.97 Å². The second-order valence-electron chi connectivity index (χ2n) is 4.24. The maximum Gasteiger partial charge on any atom is 0.201 e. The molecule has 3 nitrogen and oxygen atoms in total. The van der Waals surface area contributed by atoms with Crippen LogP contribution in [0.3, 0.4) is 0 Å². The Morgan fingerprint density at radius 2 is 2.24 bits per heavy atom. The van der Waals surface area contributed by atoms with Crippen molar-refractivity contribution in [3.05, 3.63) is 24.3 Å². The monoisotopic (exact) mass is 251 g/mol. The van der Waals surface area contributed by atoms with E-state index in [4.69, 9.17) is 11.6 Å². The number of hydrogen-bond acceptors (Lipinski definition) is 2. The molecule has 0 amide bonds. The lowest BCUT2D eigenvalue weighted by molar-refractivity contribution is 0.521. The van der Waals surface area contributed by atoms with Gasteiger partial charge in [0.2, 0.25) is 5.95 Å². The Morgan fingerprint density at radius 3 is 2.94 bits per heavy atom. The molecule has 17 heavy (non-hydrogen) atoms. The predicted molar refractivity (Wildman–Crippen MR) is 73.7 cm³/mol. The van der Waals surface area contributed by atoms with Crippen molar-refractivity contribution in [2.24, 2.45) is 5.92 Å². The molecule has 2 N–H and O–H groups in total. The van der Waals surface area contributed by atoms with Crippen molar-refractivity contribution in [1.29, 1.82) is 0 Å². The average molecular weight is 252 g/mol. The lowest BCUT2D eigenvalue weighted by Crippen LogP contribution is -2.14. The van der Waals surface area contributed by atoms with Crippen LogP contribution in [0.5, 0.6) is 0 Å². The van der Waals surface area contributed by atoms with E-state index in [-0.39, 0.29) is 0 Å². The van der Waals surface area contributed by atoms with E-state index in [0.717, 1.165) is 42.2 Å². The molecule has 1 aromatic heterocycles. The standard InChI is InChI=1S/C13H18ClN3/c1-2-10(7-8-14)9-15-13-16-11-5-3-4-6-12(11)17-13/h3-6,10H,2,7-9H2,1H3,(H2,15,16,17). The molecule has 4 heteroatoms. The number of imidazole rings is 1. The minimum absolute atomic E-state index is 0.612. The largest absolute Gasteiger partial charge is 0.356 e. The number of halogens is 1. The van der Waals surface area contributed by atoms with Crippen LogP contribution in [0.4, 0.5) is 5.95 Å². The molecule has 0 fully saturated rings. The molecule has 0 saturated carbocycles. The number of hydrogen-bond donors (Lipinski definition) is 2. The molecule has 0 aliphatic heterocycles. The fraction of sp³-hybridized carbons (Fsp3) is 0.462. The number of aromatic nitrogens is 2. The van der Waals surface area contributed by atoms with Gasteiger partial charge in [-0.3, -0.25) is 0 Å². The highest BCUT2D eigenvalue weighted by Gasteiger charge is 2.07. The third kappa shape index (κ3) is 3.13. The van der Waals surface area contributed by atoms with Gasteiger partial charge in [0.1, 0.15) is 0 Å². The SMILES string of the molecule is CCC(CCCl)CNc1nc2ccccc2[nH]1. The topological polar surface area (TPSA) is 40.7 Å². The second-order valence-corrected chi connectivity index (χ2v) is 4.61. The normalized spacial score (nSPS) is 12.8. The zero-order chi connectivity index (χ0) is 12.1. The summed E-state index contributed by atoms with van der Waals surface area (Å²) in [4.78, 5) is 7.74. The Bertz CT molecular complexity index is 433. The maximum atomic E-state index is 5.77. The summed E-state index contributed by atoms with van der Waals surface area (Å²) in [6.45, 7) is 3.11. The number of rotatable bonds is 6. The van der Waals surface area contributed by atoms with Crippen LogP contribution in [0.1, 0.15) is 19.8 Å². The fourth-order valence-electron chi connectivity index (χ4n) is 1.88. The summed E-state index contributed by atoms with van der Waals surface area (Å²) in [6.07, 6.45) is 2.19. The summed E-state index contributed by atoms with van der Waals surface area (Å²) >= 11 is 5.77. The third-order valence-electron chi connectivity index (χ3n) is 3.04. The van der Waals surface area contributed by atoms with E-state index >= 15 is 0 Å².